The molecule has 2 aromatic rings. The van der Waals surface area contributed by atoms with Gasteiger partial charge in [-0.05, 0) is 18.6 Å². The van der Waals surface area contributed by atoms with Crippen LogP contribution in [0.5, 0.6) is 0 Å². The standard InChI is InChI=1S/C15H18F2N4O.ClH/c1-2-7-21-12-6-4-3-5-10(12)19-14(21)20-13(22)11-8-15(16,17)9-18-11;/h3-6,11,18H,2,7-9H2,1H3,(H,19,20,22);1H. The molecule has 1 atom stereocenters. The fourth-order valence-corrected chi connectivity index (χ4v) is 2.72. The molecule has 0 saturated carbocycles. The number of nitrogens with zero attached hydrogens (tertiary/aromatic N) is 2. The molecule has 5 nitrogen and oxygen atoms in total. The highest BCUT2D eigenvalue weighted by Gasteiger charge is 2.42. The van der Waals surface area contributed by atoms with Gasteiger partial charge < -0.3 is 4.57 Å². The molecule has 1 aromatic carbocycles. The fourth-order valence-electron chi connectivity index (χ4n) is 2.72. The Kier molecular flexibility index (Phi) is 5.21. The summed E-state index contributed by atoms with van der Waals surface area (Å²) >= 11 is 0. The van der Waals surface area contributed by atoms with Crippen molar-refractivity contribution in [2.45, 2.75) is 38.3 Å². The number of rotatable bonds is 4. The minimum Gasteiger partial charge on any atom is -0.310 e. The van der Waals surface area contributed by atoms with E-state index in [1.54, 1.807) is 0 Å². The Morgan fingerprint density at radius 2 is 2.22 bits per heavy atom. The number of nitrogens with one attached hydrogen (secondary N) is 2. The average Bonchev–Trinajstić information content (AvgIpc) is 3.00. The van der Waals surface area contributed by atoms with Gasteiger partial charge in [-0.3, -0.25) is 15.4 Å². The van der Waals surface area contributed by atoms with Gasteiger partial charge >= 0.3 is 0 Å². The molecule has 23 heavy (non-hydrogen) atoms. The summed E-state index contributed by atoms with van der Waals surface area (Å²) in [5.41, 5.74) is 1.69. The number of halogens is 3. The third-order valence-corrected chi connectivity index (χ3v) is 3.76. The Morgan fingerprint density at radius 3 is 2.87 bits per heavy atom. The Morgan fingerprint density at radius 1 is 1.48 bits per heavy atom. The predicted molar refractivity (Wildman–Crippen MR) is 87.3 cm³/mol. The van der Waals surface area contributed by atoms with Gasteiger partial charge in [0.2, 0.25) is 11.9 Å². The van der Waals surface area contributed by atoms with E-state index in [4.69, 9.17) is 0 Å². The number of hydrogen-bond acceptors (Lipinski definition) is 3. The summed E-state index contributed by atoms with van der Waals surface area (Å²) in [5, 5.41) is 5.23. The molecule has 0 bridgehead atoms. The number of aromatic nitrogens is 2. The first kappa shape index (κ1) is 17.6. The lowest BCUT2D eigenvalue weighted by Gasteiger charge is -2.12. The Balaban J connectivity index is 0.00000192. The molecule has 2 N–H and O–H groups in total. The fraction of sp³-hybridized carbons (Fsp3) is 0.467. The van der Waals surface area contributed by atoms with Gasteiger partial charge in [-0.2, -0.15) is 0 Å². The van der Waals surface area contributed by atoms with Crippen LogP contribution in [0.4, 0.5) is 14.7 Å². The first-order valence-electron chi connectivity index (χ1n) is 7.37. The number of amides is 1. The van der Waals surface area contributed by atoms with Gasteiger partial charge in [0.05, 0.1) is 23.6 Å². The predicted octanol–water partition coefficient (Wildman–Crippen LogP) is 2.80. The molecule has 1 fully saturated rings. The summed E-state index contributed by atoms with van der Waals surface area (Å²) in [5.74, 6) is -2.89. The number of aryl methyl sites for hydroxylation is 1. The van der Waals surface area contributed by atoms with E-state index >= 15 is 0 Å². The summed E-state index contributed by atoms with van der Waals surface area (Å²) in [7, 11) is 0. The minimum absolute atomic E-state index is 0. The van der Waals surface area contributed by atoms with Gasteiger partial charge in [0.15, 0.2) is 0 Å². The van der Waals surface area contributed by atoms with Crippen molar-refractivity contribution in [3.05, 3.63) is 24.3 Å². The molecule has 0 aliphatic carbocycles. The molecule has 1 unspecified atom stereocenters. The molecule has 2 heterocycles. The van der Waals surface area contributed by atoms with Gasteiger partial charge in [-0.1, -0.05) is 19.1 Å². The van der Waals surface area contributed by atoms with Crippen LogP contribution in [0.2, 0.25) is 0 Å². The van der Waals surface area contributed by atoms with Crippen LogP contribution in [0.3, 0.4) is 0 Å². The van der Waals surface area contributed by atoms with E-state index in [9.17, 15) is 13.6 Å². The van der Waals surface area contributed by atoms with Gasteiger partial charge in [-0.25, -0.2) is 13.8 Å². The van der Waals surface area contributed by atoms with Crippen molar-refractivity contribution >= 4 is 35.3 Å². The van der Waals surface area contributed by atoms with Crippen LogP contribution in [0.1, 0.15) is 19.8 Å². The Bertz CT molecular complexity index is 704. The molecule has 0 radical (unpaired) electrons. The summed E-state index contributed by atoms with van der Waals surface area (Å²) in [6.45, 7) is 2.26. The Hall–Kier alpha value is -1.73. The Labute approximate surface area is 138 Å². The number of alkyl halides is 2. The lowest BCUT2D eigenvalue weighted by atomic mass is 10.2. The highest BCUT2D eigenvalue weighted by molar-refractivity contribution is 5.95. The van der Waals surface area contributed by atoms with E-state index in [0.717, 1.165) is 17.5 Å². The van der Waals surface area contributed by atoms with E-state index in [-0.39, 0.29) is 12.4 Å². The molecule has 1 aliphatic rings. The first-order valence-corrected chi connectivity index (χ1v) is 7.37. The second-order valence-corrected chi connectivity index (χ2v) is 5.56. The maximum atomic E-state index is 13.2. The van der Waals surface area contributed by atoms with E-state index in [0.29, 0.717) is 12.5 Å². The quantitative estimate of drug-likeness (QED) is 0.896. The zero-order chi connectivity index (χ0) is 15.7. The van der Waals surface area contributed by atoms with Gasteiger partial charge in [0, 0.05) is 13.0 Å². The van der Waals surface area contributed by atoms with Gasteiger partial charge in [0.1, 0.15) is 0 Å². The highest BCUT2D eigenvalue weighted by atomic mass is 35.5. The third-order valence-electron chi connectivity index (χ3n) is 3.76. The van der Waals surface area contributed by atoms with Crippen molar-refractivity contribution in [2.24, 2.45) is 0 Å². The van der Waals surface area contributed by atoms with Crippen LogP contribution in [0, 0.1) is 0 Å². The zero-order valence-corrected chi connectivity index (χ0v) is 13.5. The summed E-state index contributed by atoms with van der Waals surface area (Å²) in [6, 6.07) is 6.68. The highest BCUT2D eigenvalue weighted by Crippen LogP contribution is 2.26. The van der Waals surface area contributed by atoms with Crippen molar-refractivity contribution in [3.63, 3.8) is 0 Å². The number of carbonyl (C=O) groups is 1. The molecule has 8 heteroatoms. The molecule has 1 aromatic heterocycles. The molecule has 126 valence electrons. The minimum atomic E-state index is -2.83. The molecule has 3 rings (SSSR count). The smallest absolute Gasteiger partial charge is 0.262 e. The number of benzene rings is 1. The number of carbonyl (C=O) groups excluding carboxylic acids is 1. The topological polar surface area (TPSA) is 59.0 Å². The van der Waals surface area contributed by atoms with Crippen LogP contribution >= 0.6 is 12.4 Å². The maximum Gasteiger partial charge on any atom is 0.262 e. The molecule has 1 saturated heterocycles. The van der Waals surface area contributed by atoms with E-state index in [1.807, 2.05) is 35.8 Å². The molecular formula is C15H19ClF2N4O. The largest absolute Gasteiger partial charge is 0.310 e. The van der Waals surface area contributed by atoms with E-state index < -0.39 is 30.8 Å². The maximum absolute atomic E-state index is 13.2. The second kappa shape index (κ2) is 6.80. The SMILES string of the molecule is CCCn1c(NC(=O)C2CC(F)(F)CN2)nc2ccccc21.Cl. The molecule has 1 amide bonds. The van der Waals surface area contributed by atoms with Crippen LogP contribution in [-0.2, 0) is 11.3 Å². The van der Waals surface area contributed by atoms with Crippen molar-refractivity contribution in [2.75, 3.05) is 11.9 Å². The summed E-state index contributed by atoms with van der Waals surface area (Å²) in [4.78, 5) is 16.6. The number of para-hydroxylation sites is 2. The molecular weight excluding hydrogens is 326 g/mol. The number of imidazole rings is 1. The number of fused-ring (bicyclic) bond motifs is 1. The lowest BCUT2D eigenvalue weighted by molar-refractivity contribution is -0.118. The van der Waals surface area contributed by atoms with Crippen LogP contribution in [0.15, 0.2) is 24.3 Å². The number of hydrogen-bond donors (Lipinski definition) is 2. The third kappa shape index (κ3) is 3.61. The number of anilines is 1. The first-order chi connectivity index (χ1) is 10.5. The van der Waals surface area contributed by atoms with Crippen LogP contribution in [0.25, 0.3) is 11.0 Å². The van der Waals surface area contributed by atoms with Crippen molar-refractivity contribution in [1.82, 2.24) is 14.9 Å². The summed E-state index contributed by atoms with van der Waals surface area (Å²) < 4.78 is 28.3. The normalized spacial score (nSPS) is 19.5. The molecule has 1 aliphatic heterocycles. The van der Waals surface area contributed by atoms with Crippen LogP contribution in [-0.4, -0.2) is 34.0 Å². The summed E-state index contributed by atoms with van der Waals surface area (Å²) in [6.07, 6.45) is 0.399. The zero-order valence-electron chi connectivity index (χ0n) is 12.7. The van der Waals surface area contributed by atoms with E-state index in [2.05, 4.69) is 15.6 Å². The monoisotopic (exact) mass is 344 g/mol. The van der Waals surface area contributed by atoms with Gasteiger partial charge in [0.25, 0.3) is 5.92 Å². The second-order valence-electron chi connectivity index (χ2n) is 5.56. The molecule has 0 spiro atoms. The van der Waals surface area contributed by atoms with Gasteiger partial charge in [-0.15, -0.1) is 12.4 Å². The lowest BCUT2D eigenvalue weighted by Crippen LogP contribution is -2.36. The van der Waals surface area contributed by atoms with Crippen molar-refractivity contribution < 1.29 is 13.6 Å². The van der Waals surface area contributed by atoms with E-state index in [1.165, 1.54) is 0 Å². The van der Waals surface area contributed by atoms with Crippen molar-refractivity contribution in [1.29, 1.82) is 0 Å². The van der Waals surface area contributed by atoms with Crippen molar-refractivity contribution in [3.8, 4) is 0 Å². The average molecular weight is 345 g/mol. The van der Waals surface area contributed by atoms with Crippen LogP contribution < -0.4 is 10.6 Å².